The lowest BCUT2D eigenvalue weighted by Crippen LogP contribution is -2.28. The summed E-state index contributed by atoms with van der Waals surface area (Å²) in [4.78, 5) is 24.6. The number of esters is 2. The average molecular weight is 1110 g/mol. The van der Waals surface area contributed by atoms with E-state index in [1.807, 2.05) is 0 Å². The van der Waals surface area contributed by atoms with Crippen molar-refractivity contribution in [2.75, 3.05) is 13.2 Å². The van der Waals surface area contributed by atoms with Gasteiger partial charge in [0.05, 0.1) is 6.61 Å². The largest absolute Gasteiger partial charge is 0.462 e. The summed E-state index contributed by atoms with van der Waals surface area (Å²) in [5.74, 6) is -0.614. The predicted octanol–water partition coefficient (Wildman–Crippen LogP) is 24.0. The molecule has 0 radical (unpaired) electrons. The van der Waals surface area contributed by atoms with Gasteiger partial charge < -0.3 is 14.6 Å². The van der Waals surface area contributed by atoms with Gasteiger partial charge in [-0.05, 0) is 103 Å². The maximum absolute atomic E-state index is 12.3. The van der Waals surface area contributed by atoms with Crippen molar-refractivity contribution >= 4 is 11.9 Å². The Hall–Kier alpha value is -3.44. The van der Waals surface area contributed by atoms with Crippen molar-refractivity contribution in [1.82, 2.24) is 0 Å². The van der Waals surface area contributed by atoms with Crippen LogP contribution in [0, 0.1) is 0 Å². The minimum atomic E-state index is -0.794. The summed E-state index contributed by atoms with van der Waals surface area (Å²) in [6, 6.07) is 0. The second-order valence-electron chi connectivity index (χ2n) is 22.9. The maximum Gasteiger partial charge on any atom is 0.306 e. The Morgan fingerprint density at radius 2 is 0.537 bits per heavy atom. The van der Waals surface area contributed by atoms with Crippen molar-refractivity contribution in [3.63, 3.8) is 0 Å². The molecule has 0 aliphatic heterocycles. The monoisotopic (exact) mass is 1110 g/mol. The van der Waals surface area contributed by atoms with E-state index in [9.17, 15) is 14.7 Å². The highest BCUT2D eigenvalue weighted by Crippen LogP contribution is 2.18. The summed E-state index contributed by atoms with van der Waals surface area (Å²) in [6.07, 6.45) is 101. The highest BCUT2D eigenvalue weighted by molar-refractivity contribution is 5.70. The van der Waals surface area contributed by atoms with Crippen LogP contribution in [-0.4, -0.2) is 36.4 Å². The van der Waals surface area contributed by atoms with Crippen molar-refractivity contribution < 1.29 is 24.2 Å². The standard InChI is InChI=1S/C75H130O5/c1-3-5-7-9-11-13-15-17-19-21-23-25-27-29-31-33-34-35-36-37-38-39-40-42-43-45-47-49-51-53-55-57-59-61-63-65-67-69-74(77)79-72-73(71-76)80-75(78)70-68-66-64-62-60-58-56-54-52-50-48-46-44-41-32-30-28-26-24-22-20-18-16-14-12-10-8-6-4-2/h6,8,12,14,18,20-21,23-24,26,30,32,44,46,50,52,56,58,73,76H,3-5,7,9-11,13,15-17,19,22,25,27-29,31,33-43,45,47-49,51,53-55,57,59-72H2,1-2H3/b8-6-,14-12-,20-18-,23-21-,26-24-,32-30-,46-44-,52-50-,58-56-. The smallest absolute Gasteiger partial charge is 0.306 e. The van der Waals surface area contributed by atoms with E-state index < -0.39 is 6.10 Å². The lowest BCUT2D eigenvalue weighted by atomic mass is 10.0. The molecule has 0 heterocycles. The van der Waals surface area contributed by atoms with Gasteiger partial charge in [0.25, 0.3) is 0 Å². The van der Waals surface area contributed by atoms with Gasteiger partial charge >= 0.3 is 11.9 Å². The van der Waals surface area contributed by atoms with Crippen molar-refractivity contribution in [3.8, 4) is 0 Å². The molecule has 0 bridgehead atoms. The van der Waals surface area contributed by atoms with Gasteiger partial charge in [-0.3, -0.25) is 9.59 Å². The van der Waals surface area contributed by atoms with Crippen molar-refractivity contribution in [2.45, 2.75) is 341 Å². The molecule has 0 amide bonds. The Balaban J connectivity index is 3.49. The lowest BCUT2D eigenvalue weighted by molar-refractivity contribution is -0.161. The number of carbonyl (C=O) groups is 2. The summed E-state index contributed by atoms with van der Waals surface area (Å²) >= 11 is 0. The van der Waals surface area contributed by atoms with E-state index in [1.165, 1.54) is 205 Å². The van der Waals surface area contributed by atoms with Crippen LogP contribution in [0.4, 0.5) is 0 Å². The van der Waals surface area contributed by atoms with Crippen molar-refractivity contribution in [3.05, 3.63) is 109 Å². The molecule has 5 nitrogen and oxygen atoms in total. The van der Waals surface area contributed by atoms with Gasteiger partial charge in [0, 0.05) is 12.8 Å². The first-order valence-corrected chi connectivity index (χ1v) is 34.4. The van der Waals surface area contributed by atoms with Crippen molar-refractivity contribution in [1.29, 1.82) is 0 Å². The first-order chi connectivity index (χ1) is 39.6. The minimum Gasteiger partial charge on any atom is -0.462 e. The molecule has 80 heavy (non-hydrogen) atoms. The van der Waals surface area contributed by atoms with Gasteiger partial charge in [0.15, 0.2) is 6.10 Å². The predicted molar refractivity (Wildman–Crippen MR) is 352 cm³/mol. The van der Waals surface area contributed by atoms with E-state index in [1.54, 1.807) is 0 Å². The number of unbranched alkanes of at least 4 members (excludes halogenated alkanes) is 37. The number of aliphatic hydroxyl groups is 1. The van der Waals surface area contributed by atoms with Crippen LogP contribution in [0.15, 0.2) is 109 Å². The molecule has 0 saturated carbocycles. The number of ether oxygens (including phenoxy) is 2. The van der Waals surface area contributed by atoms with Crippen LogP contribution in [0.1, 0.15) is 335 Å². The van der Waals surface area contributed by atoms with Crippen molar-refractivity contribution in [2.24, 2.45) is 0 Å². The number of carbonyl (C=O) groups excluding carboxylic acids is 2. The molecular weight excluding hydrogens is 981 g/mol. The molecule has 0 aromatic carbocycles. The van der Waals surface area contributed by atoms with Crippen LogP contribution in [0.2, 0.25) is 0 Å². The second-order valence-corrected chi connectivity index (χ2v) is 22.9. The molecule has 0 aromatic heterocycles. The number of hydrogen-bond acceptors (Lipinski definition) is 5. The molecule has 460 valence electrons. The summed E-state index contributed by atoms with van der Waals surface area (Å²) in [7, 11) is 0. The summed E-state index contributed by atoms with van der Waals surface area (Å²) in [6.45, 7) is 4.03. The molecule has 1 N–H and O–H groups in total. The van der Waals surface area contributed by atoms with Gasteiger partial charge in [0.2, 0.25) is 0 Å². The van der Waals surface area contributed by atoms with Gasteiger partial charge in [-0.15, -0.1) is 0 Å². The van der Waals surface area contributed by atoms with Gasteiger partial charge in [-0.25, -0.2) is 0 Å². The van der Waals surface area contributed by atoms with E-state index >= 15 is 0 Å². The highest BCUT2D eigenvalue weighted by atomic mass is 16.6. The molecule has 0 spiro atoms. The molecule has 0 aliphatic rings. The Labute approximate surface area is 497 Å². The maximum atomic E-state index is 12.3. The van der Waals surface area contributed by atoms with Crippen LogP contribution in [-0.2, 0) is 19.1 Å². The van der Waals surface area contributed by atoms with E-state index in [0.717, 1.165) is 103 Å². The van der Waals surface area contributed by atoms with Crippen LogP contribution < -0.4 is 0 Å². The number of allylic oxidation sites excluding steroid dienone is 18. The first kappa shape index (κ1) is 76.6. The van der Waals surface area contributed by atoms with Crippen LogP contribution in [0.5, 0.6) is 0 Å². The summed E-state index contributed by atoms with van der Waals surface area (Å²) < 4.78 is 10.7. The van der Waals surface area contributed by atoms with Gasteiger partial charge in [0.1, 0.15) is 6.61 Å². The third kappa shape index (κ3) is 67.1. The average Bonchev–Trinajstić information content (AvgIpc) is 3.46. The fourth-order valence-electron chi connectivity index (χ4n) is 9.92. The quantitative estimate of drug-likeness (QED) is 0.0373. The molecule has 1 unspecified atom stereocenters. The Kier molecular flexibility index (Phi) is 66.8. The van der Waals surface area contributed by atoms with E-state index in [2.05, 4.69) is 123 Å². The molecule has 0 aromatic rings. The number of hydrogen-bond donors (Lipinski definition) is 1. The number of aliphatic hydroxyl groups excluding tert-OH is 1. The Bertz CT molecular complexity index is 1540. The third-order valence-electron chi connectivity index (χ3n) is 15.1. The fraction of sp³-hybridized carbons (Fsp3) is 0.733. The molecule has 0 saturated heterocycles. The van der Waals surface area contributed by atoms with E-state index in [-0.39, 0.29) is 25.2 Å². The highest BCUT2D eigenvalue weighted by Gasteiger charge is 2.16. The number of rotatable bonds is 63. The molecular formula is C75H130O5. The Morgan fingerprint density at radius 1 is 0.300 bits per heavy atom. The van der Waals surface area contributed by atoms with Gasteiger partial charge in [-0.1, -0.05) is 329 Å². The molecule has 5 heteroatoms. The normalized spacial score (nSPS) is 12.9. The first-order valence-electron chi connectivity index (χ1n) is 34.4. The van der Waals surface area contributed by atoms with E-state index in [4.69, 9.17) is 9.47 Å². The SMILES string of the molecule is CC/C=C\C/C=C\C/C=C\C/C=C\C/C=C\C/C=C\C/C=C\C/C=C\CCCCCCC(=O)OC(CO)COC(=O)CCCCCCCCCCCCCCCCCCCCCCCCCCC/C=C\CCCCCCCCCC. The van der Waals surface area contributed by atoms with Gasteiger partial charge in [-0.2, -0.15) is 0 Å². The second kappa shape index (κ2) is 69.8. The van der Waals surface area contributed by atoms with Crippen LogP contribution in [0.25, 0.3) is 0 Å². The van der Waals surface area contributed by atoms with E-state index in [0.29, 0.717) is 12.8 Å². The Morgan fingerprint density at radius 3 is 0.825 bits per heavy atom. The van der Waals surface area contributed by atoms with Crippen LogP contribution in [0.3, 0.4) is 0 Å². The minimum absolute atomic E-state index is 0.0796. The van der Waals surface area contributed by atoms with Crippen LogP contribution >= 0.6 is 0 Å². The molecule has 0 aliphatic carbocycles. The molecule has 0 rings (SSSR count). The summed E-state index contributed by atoms with van der Waals surface area (Å²) in [5, 5.41) is 9.69. The zero-order valence-corrected chi connectivity index (χ0v) is 52.8. The third-order valence-corrected chi connectivity index (χ3v) is 15.1. The molecule has 0 fully saturated rings. The zero-order chi connectivity index (χ0) is 57.6. The lowest BCUT2D eigenvalue weighted by Gasteiger charge is -2.15. The summed E-state index contributed by atoms with van der Waals surface area (Å²) in [5.41, 5.74) is 0. The topological polar surface area (TPSA) is 72.8 Å². The zero-order valence-electron chi connectivity index (χ0n) is 52.8. The fourth-order valence-corrected chi connectivity index (χ4v) is 9.92. The molecule has 1 atom stereocenters.